The highest BCUT2D eigenvalue weighted by Gasteiger charge is 2.61. The number of nitrogens with zero attached hydrogens (tertiary/aromatic N) is 1. The van der Waals surface area contributed by atoms with Crippen LogP contribution in [0.3, 0.4) is 0 Å². The molecular weight excluding hydrogens is 705 g/mol. The zero-order valence-corrected chi connectivity index (χ0v) is 33.0. The number of Topliss-reactive ketones (excluding diaryl/α,β-unsaturated/α-hetero) is 2. The lowest BCUT2D eigenvalue weighted by molar-refractivity contribution is -0.297. The Morgan fingerprint density at radius 2 is 1.67 bits per heavy atom. The lowest BCUT2D eigenvalue weighted by Crippen LogP contribution is -2.62. The van der Waals surface area contributed by atoms with E-state index in [0.29, 0.717) is 12.0 Å². The first-order valence-electron chi connectivity index (χ1n) is 18.6. The Balaban J connectivity index is 1.86. The zero-order chi connectivity index (χ0) is 40.3. The number of hydrogen-bond acceptors (Lipinski definition) is 13. The molecule has 3 aliphatic heterocycles. The Hall–Kier alpha value is -3.72. The van der Waals surface area contributed by atoms with E-state index in [1.165, 1.54) is 40.7 Å². The van der Waals surface area contributed by atoms with E-state index in [4.69, 9.17) is 33.2 Å². The summed E-state index contributed by atoms with van der Waals surface area (Å²) in [5, 5.41) is 0. The summed E-state index contributed by atoms with van der Waals surface area (Å²) >= 11 is 0. The molecule has 1 aromatic rings. The summed E-state index contributed by atoms with van der Waals surface area (Å²) in [6, 6.07) is 7.97. The molecular formula is C40H56FNO12. The molecule has 13 nitrogen and oxygen atoms in total. The maximum atomic E-state index is 17.3. The number of carbonyl (C=O) groups excluding carboxylic acids is 5. The molecule has 0 aromatic heterocycles. The summed E-state index contributed by atoms with van der Waals surface area (Å²) in [6.45, 7) is 15.5. The van der Waals surface area contributed by atoms with Crippen LogP contribution in [-0.2, 0) is 47.5 Å². The van der Waals surface area contributed by atoms with Crippen molar-refractivity contribution < 1.29 is 61.5 Å². The quantitative estimate of drug-likeness (QED) is 0.136. The largest absolute Gasteiger partial charge is 0.509 e. The van der Waals surface area contributed by atoms with Crippen LogP contribution in [0.25, 0.3) is 0 Å². The smallest absolute Gasteiger partial charge is 0.457 e. The number of rotatable bonds is 9. The number of ketones is 2. The van der Waals surface area contributed by atoms with Gasteiger partial charge in [-0.1, -0.05) is 45.0 Å². The predicted octanol–water partition coefficient (Wildman–Crippen LogP) is 5.42. The molecule has 0 aliphatic carbocycles. The highest BCUT2D eigenvalue weighted by Crippen LogP contribution is 2.44. The number of alkyl halides is 1. The first-order chi connectivity index (χ1) is 25.2. The van der Waals surface area contributed by atoms with E-state index in [2.05, 4.69) is 6.58 Å². The van der Waals surface area contributed by atoms with E-state index in [0.717, 1.165) is 6.92 Å². The standard InChI is InChI=1S/C40H56FNO12/c1-12-19-48-39(8)21-38(7,41)31(44)25(6)33-40(9,54-37(47)53-33)28(13-2)50-34(45)24(5)29(43)23(4)32(39)52-36-30(27(42(10)11)20-22(3)49-36)51-35(46)26-17-15-14-16-18-26/h12,14-18,22-25,27-28,30,32-33,36H,1,13,19-21H2,2-11H3/t22-,23+,24-,25+,27+,28-,30-,32-,33-,36+,38+,39-,40-/m1/s1. The fraction of sp³-hybridized carbons (Fsp3) is 0.675. The maximum absolute atomic E-state index is 17.3. The number of ether oxygens (including phenoxy) is 7. The van der Waals surface area contributed by atoms with Crippen molar-refractivity contribution in [2.24, 2.45) is 17.8 Å². The van der Waals surface area contributed by atoms with Gasteiger partial charge in [-0.05, 0) is 73.7 Å². The van der Waals surface area contributed by atoms with Gasteiger partial charge in [-0.15, -0.1) is 6.58 Å². The number of esters is 2. The van der Waals surface area contributed by atoms with Gasteiger partial charge in [0.05, 0.1) is 41.9 Å². The van der Waals surface area contributed by atoms with Gasteiger partial charge in [0.25, 0.3) is 0 Å². The summed E-state index contributed by atoms with van der Waals surface area (Å²) in [6.07, 6.45) is -6.44. The van der Waals surface area contributed by atoms with E-state index in [1.54, 1.807) is 37.3 Å². The summed E-state index contributed by atoms with van der Waals surface area (Å²) in [7, 11) is 3.65. The molecule has 1 aromatic carbocycles. The number of benzene rings is 1. The second-order valence-corrected chi connectivity index (χ2v) is 15.6. The first kappa shape index (κ1) is 43.0. The van der Waals surface area contributed by atoms with Gasteiger partial charge >= 0.3 is 18.1 Å². The number of likely N-dealkylation sites (N-methyl/N-ethyl adjacent to an activating group) is 1. The Bertz CT molecular complexity index is 1550. The molecule has 0 radical (unpaired) electrons. The molecule has 0 unspecified atom stereocenters. The van der Waals surface area contributed by atoms with E-state index >= 15 is 4.39 Å². The van der Waals surface area contributed by atoms with E-state index in [1.807, 2.05) is 25.9 Å². The van der Waals surface area contributed by atoms with Crippen LogP contribution < -0.4 is 0 Å². The van der Waals surface area contributed by atoms with Crippen molar-refractivity contribution in [2.75, 3.05) is 20.7 Å². The molecule has 3 aliphatic rings. The molecule has 0 saturated carbocycles. The molecule has 0 bridgehead atoms. The summed E-state index contributed by atoms with van der Waals surface area (Å²) in [4.78, 5) is 70.3. The topological polar surface area (TPSA) is 153 Å². The van der Waals surface area contributed by atoms with Crippen LogP contribution in [0.15, 0.2) is 43.0 Å². The SMILES string of the molecule is C=CCO[C@]1(C)C[C@](C)(F)C(=O)[C@H](C)[C@H]2OC(=O)O[C@]2(C)[C@@H](CC)OC(=O)[C@H](C)C(=O)[C@H](C)[C@H]1O[C@@H]1O[C@H](C)C[C@H](N(C)C)[C@H]1OC(=O)c1ccccc1. The molecule has 3 saturated heterocycles. The van der Waals surface area contributed by atoms with Gasteiger partial charge < -0.3 is 38.1 Å². The van der Waals surface area contributed by atoms with Crippen molar-refractivity contribution in [1.82, 2.24) is 4.90 Å². The monoisotopic (exact) mass is 761 g/mol. The van der Waals surface area contributed by atoms with Crippen LogP contribution in [0.5, 0.6) is 0 Å². The molecule has 0 N–H and O–H groups in total. The lowest BCUT2D eigenvalue weighted by atomic mass is 9.73. The second-order valence-electron chi connectivity index (χ2n) is 15.6. The molecule has 0 spiro atoms. The fourth-order valence-electron chi connectivity index (χ4n) is 8.15. The predicted molar refractivity (Wildman–Crippen MR) is 193 cm³/mol. The van der Waals surface area contributed by atoms with Crippen LogP contribution in [0.4, 0.5) is 9.18 Å². The van der Waals surface area contributed by atoms with Crippen LogP contribution in [0.2, 0.25) is 0 Å². The second kappa shape index (κ2) is 17.0. The van der Waals surface area contributed by atoms with Crippen molar-refractivity contribution in [3.8, 4) is 0 Å². The van der Waals surface area contributed by atoms with Gasteiger partial charge in [0.1, 0.15) is 12.0 Å². The molecule has 0 amide bonds. The highest BCUT2D eigenvalue weighted by atomic mass is 19.1. The van der Waals surface area contributed by atoms with Crippen molar-refractivity contribution in [2.45, 2.75) is 134 Å². The number of halogens is 1. The van der Waals surface area contributed by atoms with Crippen molar-refractivity contribution in [1.29, 1.82) is 0 Å². The van der Waals surface area contributed by atoms with E-state index in [9.17, 15) is 24.0 Å². The third-order valence-electron chi connectivity index (χ3n) is 11.0. The number of cyclic esters (lactones) is 1. The maximum Gasteiger partial charge on any atom is 0.509 e. The molecule has 3 heterocycles. The van der Waals surface area contributed by atoms with Crippen LogP contribution in [0.1, 0.15) is 85.0 Å². The Kier molecular flexibility index (Phi) is 13.5. The Morgan fingerprint density at radius 1 is 1.02 bits per heavy atom. The Morgan fingerprint density at radius 3 is 2.26 bits per heavy atom. The van der Waals surface area contributed by atoms with E-state index < -0.39 is 114 Å². The highest BCUT2D eigenvalue weighted by molar-refractivity contribution is 6.00. The molecule has 3 fully saturated rings. The lowest BCUT2D eigenvalue weighted by Gasteiger charge is -2.48. The fourth-order valence-corrected chi connectivity index (χ4v) is 8.15. The third kappa shape index (κ3) is 8.87. The normalized spacial score (nSPS) is 39.5. The van der Waals surface area contributed by atoms with Crippen molar-refractivity contribution in [3.05, 3.63) is 48.6 Å². The van der Waals surface area contributed by atoms with Gasteiger partial charge in [-0.3, -0.25) is 14.4 Å². The molecule has 13 atom stereocenters. The number of hydrogen-bond donors (Lipinski definition) is 0. The van der Waals surface area contributed by atoms with Gasteiger partial charge in [-0.25, -0.2) is 14.0 Å². The number of fused-ring (bicyclic) bond motifs is 1. The average Bonchev–Trinajstić information content (AvgIpc) is 3.44. The van der Waals surface area contributed by atoms with Crippen molar-refractivity contribution in [3.63, 3.8) is 0 Å². The van der Waals surface area contributed by atoms with Crippen molar-refractivity contribution >= 4 is 29.7 Å². The van der Waals surface area contributed by atoms with Gasteiger partial charge in [0.15, 0.2) is 41.3 Å². The molecule has 4 rings (SSSR count). The van der Waals surface area contributed by atoms with Gasteiger partial charge in [-0.2, -0.15) is 0 Å². The van der Waals surface area contributed by atoms with Gasteiger partial charge in [0, 0.05) is 12.3 Å². The Labute approximate surface area is 317 Å². The van der Waals surface area contributed by atoms with Crippen LogP contribution in [-0.4, -0.2) is 115 Å². The minimum absolute atomic E-state index is 0.117. The summed E-state index contributed by atoms with van der Waals surface area (Å²) in [5.41, 5.74) is -5.85. The third-order valence-corrected chi connectivity index (χ3v) is 11.0. The first-order valence-corrected chi connectivity index (χ1v) is 18.6. The molecule has 300 valence electrons. The van der Waals surface area contributed by atoms with Gasteiger partial charge in [0.2, 0.25) is 0 Å². The zero-order valence-electron chi connectivity index (χ0n) is 33.0. The number of carbonyl (C=O) groups is 5. The molecule has 14 heteroatoms. The average molecular weight is 762 g/mol. The molecule has 54 heavy (non-hydrogen) atoms. The van der Waals surface area contributed by atoms with Crippen LogP contribution >= 0.6 is 0 Å². The summed E-state index contributed by atoms with van der Waals surface area (Å²) < 4.78 is 59.5. The van der Waals surface area contributed by atoms with Crippen LogP contribution in [0, 0.1) is 17.8 Å². The minimum atomic E-state index is -2.67. The van der Waals surface area contributed by atoms with E-state index in [-0.39, 0.29) is 13.0 Å². The minimum Gasteiger partial charge on any atom is -0.457 e. The summed E-state index contributed by atoms with van der Waals surface area (Å²) in [5.74, 6) is -7.01.